The molecule has 5 rings (SSSR count). The summed E-state index contributed by atoms with van der Waals surface area (Å²) in [6.45, 7) is 2.05. The lowest BCUT2D eigenvalue weighted by molar-refractivity contribution is 0.0951. The van der Waals surface area contributed by atoms with Crippen molar-refractivity contribution in [2.45, 2.75) is 10.8 Å². The number of halogens is 1. The van der Waals surface area contributed by atoms with Crippen LogP contribution in [0.1, 0.15) is 15.2 Å². The number of aromatic nitrogens is 2. The Kier molecular flexibility index (Phi) is 7.35. The molecule has 36 heavy (non-hydrogen) atoms. The highest BCUT2D eigenvalue weighted by Crippen LogP contribution is 2.28. The van der Waals surface area contributed by atoms with Crippen molar-refractivity contribution in [3.63, 3.8) is 0 Å². The van der Waals surface area contributed by atoms with Crippen LogP contribution in [0.2, 0.25) is 5.02 Å². The quantitative estimate of drug-likeness (QED) is 0.361. The predicted octanol–water partition coefficient (Wildman–Crippen LogP) is 4.36. The second-order valence-corrected chi connectivity index (χ2v) is 12.6. The Morgan fingerprint density at radius 3 is 2.42 bits per heavy atom. The molecule has 1 aliphatic rings. The Hall–Kier alpha value is -2.83. The largest absolute Gasteiger partial charge is 0.347 e. The second-order valence-electron chi connectivity index (χ2n) is 8.07. The van der Waals surface area contributed by atoms with Gasteiger partial charge in [-0.15, -0.1) is 11.3 Å². The van der Waals surface area contributed by atoms with Crippen molar-refractivity contribution in [1.29, 1.82) is 0 Å². The fraction of sp³-hybridized carbons (Fsp3) is 0.208. The summed E-state index contributed by atoms with van der Waals surface area (Å²) in [6.07, 6.45) is 0. The minimum Gasteiger partial charge on any atom is -0.347 e. The normalized spacial score (nSPS) is 14.6. The van der Waals surface area contributed by atoms with Gasteiger partial charge in [0.05, 0.1) is 6.54 Å². The number of rotatable bonds is 7. The lowest BCUT2D eigenvalue weighted by atomic mass is 10.2. The van der Waals surface area contributed by atoms with Crippen LogP contribution in [-0.2, 0) is 16.6 Å². The van der Waals surface area contributed by atoms with Crippen molar-refractivity contribution in [3.05, 3.63) is 82.2 Å². The van der Waals surface area contributed by atoms with Crippen LogP contribution >= 0.6 is 34.5 Å². The van der Waals surface area contributed by atoms with Crippen molar-refractivity contribution < 1.29 is 13.2 Å². The zero-order valence-electron chi connectivity index (χ0n) is 19.0. The number of anilines is 1. The Morgan fingerprint density at radius 1 is 0.972 bits per heavy atom. The van der Waals surface area contributed by atoms with E-state index in [1.165, 1.54) is 27.2 Å². The number of piperazine rings is 1. The standard InChI is InChI=1S/C24H22ClN5O3S3/c25-19-8-6-18(7-9-19)23(31)26-16-20-10-11-21(34-20)36(32,33)30-14-12-29(13-15-30)24-27-22(28-35-24)17-4-2-1-3-5-17/h1-11H,12-16H2,(H,26,31). The Bertz CT molecular complexity index is 1450. The first kappa shape index (κ1) is 24.8. The Balaban J connectivity index is 1.18. The summed E-state index contributed by atoms with van der Waals surface area (Å²) in [6, 6.07) is 19.7. The highest BCUT2D eigenvalue weighted by Gasteiger charge is 2.30. The first-order valence-corrected chi connectivity index (χ1v) is 14.6. The van der Waals surface area contributed by atoms with Crippen LogP contribution in [0, 0.1) is 0 Å². The molecular formula is C24H22ClN5O3S3. The monoisotopic (exact) mass is 559 g/mol. The van der Waals surface area contributed by atoms with Crippen LogP contribution < -0.4 is 10.2 Å². The molecule has 2 aromatic carbocycles. The zero-order valence-corrected chi connectivity index (χ0v) is 22.2. The van der Waals surface area contributed by atoms with Crippen LogP contribution in [0.5, 0.6) is 0 Å². The molecule has 0 saturated carbocycles. The predicted molar refractivity (Wildman–Crippen MR) is 143 cm³/mol. The third-order valence-electron chi connectivity index (χ3n) is 5.72. The summed E-state index contributed by atoms with van der Waals surface area (Å²) in [7, 11) is -3.61. The average molecular weight is 560 g/mol. The van der Waals surface area contributed by atoms with Gasteiger partial charge in [0.2, 0.25) is 5.13 Å². The molecule has 0 aliphatic carbocycles. The number of carbonyl (C=O) groups is 1. The van der Waals surface area contributed by atoms with Crippen molar-refractivity contribution in [2.24, 2.45) is 0 Å². The van der Waals surface area contributed by atoms with E-state index < -0.39 is 10.0 Å². The number of carbonyl (C=O) groups excluding carboxylic acids is 1. The van der Waals surface area contributed by atoms with Crippen molar-refractivity contribution >= 4 is 55.5 Å². The second kappa shape index (κ2) is 10.7. The first-order chi connectivity index (χ1) is 17.4. The van der Waals surface area contributed by atoms with Gasteiger partial charge < -0.3 is 10.2 Å². The zero-order chi connectivity index (χ0) is 25.1. The molecule has 1 amide bonds. The van der Waals surface area contributed by atoms with Gasteiger partial charge in [0.25, 0.3) is 15.9 Å². The van der Waals surface area contributed by atoms with E-state index in [1.807, 2.05) is 30.3 Å². The number of nitrogens with zero attached hydrogens (tertiary/aromatic N) is 4. The molecule has 0 bridgehead atoms. The Labute approximate surface area is 222 Å². The van der Waals surface area contributed by atoms with E-state index in [-0.39, 0.29) is 16.7 Å². The van der Waals surface area contributed by atoms with Gasteiger partial charge in [-0.3, -0.25) is 4.79 Å². The lowest BCUT2D eigenvalue weighted by Crippen LogP contribution is -2.48. The molecule has 2 aromatic heterocycles. The number of amides is 1. The van der Waals surface area contributed by atoms with Crippen LogP contribution in [0.25, 0.3) is 11.4 Å². The minimum atomic E-state index is -3.61. The number of thiophene rings is 1. The summed E-state index contributed by atoms with van der Waals surface area (Å²) in [5.41, 5.74) is 1.45. The number of nitrogens with one attached hydrogen (secondary N) is 1. The van der Waals surface area contributed by atoms with Crippen molar-refractivity contribution in [1.82, 2.24) is 19.0 Å². The molecular weight excluding hydrogens is 538 g/mol. The van der Waals surface area contributed by atoms with Crippen LogP contribution in [0.3, 0.4) is 0 Å². The van der Waals surface area contributed by atoms with Gasteiger partial charge in [-0.05, 0) is 36.4 Å². The molecule has 1 saturated heterocycles. The van der Waals surface area contributed by atoms with E-state index in [0.29, 0.717) is 42.6 Å². The molecule has 8 nitrogen and oxygen atoms in total. The third kappa shape index (κ3) is 5.45. The molecule has 12 heteroatoms. The summed E-state index contributed by atoms with van der Waals surface area (Å²) in [4.78, 5) is 19.8. The van der Waals surface area contributed by atoms with Gasteiger partial charge in [0.15, 0.2) is 5.82 Å². The molecule has 0 radical (unpaired) electrons. The van der Waals surface area contributed by atoms with E-state index in [9.17, 15) is 13.2 Å². The highest BCUT2D eigenvalue weighted by atomic mass is 35.5. The summed E-state index contributed by atoms with van der Waals surface area (Å²) < 4.78 is 32.7. The maximum Gasteiger partial charge on any atom is 0.252 e. The molecule has 0 atom stereocenters. The SMILES string of the molecule is O=C(NCc1ccc(S(=O)(=O)N2CCN(c3nc(-c4ccccc4)ns3)CC2)s1)c1ccc(Cl)cc1. The molecule has 186 valence electrons. The van der Waals surface area contributed by atoms with E-state index in [4.69, 9.17) is 11.6 Å². The van der Waals surface area contributed by atoms with E-state index in [0.717, 1.165) is 15.6 Å². The van der Waals surface area contributed by atoms with Crippen LogP contribution in [0.15, 0.2) is 70.9 Å². The summed E-state index contributed by atoms with van der Waals surface area (Å²) >= 11 is 8.36. The van der Waals surface area contributed by atoms with Gasteiger partial charge in [0, 0.05) is 58.7 Å². The summed E-state index contributed by atoms with van der Waals surface area (Å²) in [5, 5.41) is 4.17. The van der Waals surface area contributed by atoms with Crippen LogP contribution in [-0.4, -0.2) is 54.2 Å². The molecule has 1 N–H and O–H groups in total. The van der Waals surface area contributed by atoms with Gasteiger partial charge >= 0.3 is 0 Å². The molecule has 4 aromatic rings. The molecule has 1 aliphatic heterocycles. The molecule has 0 unspecified atom stereocenters. The van der Waals surface area contributed by atoms with Gasteiger partial charge in [-0.25, -0.2) is 8.42 Å². The van der Waals surface area contributed by atoms with Crippen molar-refractivity contribution in [2.75, 3.05) is 31.1 Å². The smallest absolute Gasteiger partial charge is 0.252 e. The van der Waals surface area contributed by atoms with Crippen molar-refractivity contribution in [3.8, 4) is 11.4 Å². The number of hydrogen-bond acceptors (Lipinski definition) is 8. The molecule has 3 heterocycles. The first-order valence-electron chi connectivity index (χ1n) is 11.2. The van der Waals surface area contributed by atoms with E-state index in [2.05, 4.69) is 19.6 Å². The van der Waals surface area contributed by atoms with Crippen LogP contribution in [0.4, 0.5) is 5.13 Å². The highest BCUT2D eigenvalue weighted by molar-refractivity contribution is 7.91. The average Bonchev–Trinajstić information content (AvgIpc) is 3.59. The minimum absolute atomic E-state index is 0.243. The van der Waals surface area contributed by atoms with Gasteiger partial charge in [-0.2, -0.15) is 13.7 Å². The maximum absolute atomic E-state index is 13.2. The van der Waals surface area contributed by atoms with Gasteiger partial charge in [-0.1, -0.05) is 41.9 Å². The fourth-order valence-electron chi connectivity index (χ4n) is 3.76. The third-order valence-corrected chi connectivity index (χ3v) is 10.2. The number of hydrogen-bond donors (Lipinski definition) is 1. The molecule has 0 spiro atoms. The topological polar surface area (TPSA) is 95.5 Å². The fourth-order valence-corrected chi connectivity index (χ4v) is 7.50. The van der Waals surface area contributed by atoms with E-state index in [1.54, 1.807) is 36.4 Å². The summed E-state index contributed by atoms with van der Waals surface area (Å²) in [5.74, 6) is 0.438. The number of benzene rings is 2. The lowest BCUT2D eigenvalue weighted by Gasteiger charge is -2.33. The van der Waals surface area contributed by atoms with E-state index >= 15 is 0 Å². The maximum atomic E-state index is 13.2. The Morgan fingerprint density at radius 2 is 1.69 bits per heavy atom. The van der Waals surface area contributed by atoms with Gasteiger partial charge in [0.1, 0.15) is 4.21 Å². The number of sulfonamides is 1. The molecule has 1 fully saturated rings.